The number of halogens is 4. The van der Waals surface area contributed by atoms with Crippen LogP contribution in [0.3, 0.4) is 0 Å². The number of aromatic nitrogens is 1. The van der Waals surface area contributed by atoms with E-state index in [-0.39, 0.29) is 10.6 Å². The Kier molecular flexibility index (Phi) is 5.11. The van der Waals surface area contributed by atoms with E-state index in [1.807, 2.05) is 24.3 Å². The van der Waals surface area contributed by atoms with E-state index in [4.69, 9.17) is 0 Å². The molecule has 20 heavy (non-hydrogen) atoms. The van der Waals surface area contributed by atoms with Crippen molar-refractivity contribution in [3.05, 3.63) is 44.8 Å². The first-order chi connectivity index (χ1) is 9.36. The smallest absolute Gasteiger partial charge is 0.387 e. The van der Waals surface area contributed by atoms with Crippen LogP contribution in [0.2, 0.25) is 0 Å². The van der Waals surface area contributed by atoms with Crippen molar-refractivity contribution in [3.63, 3.8) is 0 Å². The third-order valence-electron chi connectivity index (χ3n) is 2.32. The van der Waals surface area contributed by atoms with Crippen molar-refractivity contribution in [1.29, 1.82) is 0 Å². The molecule has 2 nitrogen and oxygen atoms in total. The maximum atomic E-state index is 12.4. The molecule has 0 fully saturated rings. The second-order valence-electron chi connectivity index (χ2n) is 3.85. The first-order valence-corrected chi connectivity index (χ1v) is 8.05. The molecule has 0 amide bonds. The van der Waals surface area contributed by atoms with E-state index in [1.165, 1.54) is 11.8 Å². The summed E-state index contributed by atoms with van der Waals surface area (Å²) in [6, 6.07) is 7.47. The van der Waals surface area contributed by atoms with Gasteiger partial charge in [0.15, 0.2) is 5.01 Å². The fourth-order valence-electron chi connectivity index (χ4n) is 1.36. The number of aliphatic hydroxyl groups excluding tert-OH is 1. The summed E-state index contributed by atoms with van der Waals surface area (Å²) in [6.45, 7) is 0. The van der Waals surface area contributed by atoms with Gasteiger partial charge >= 0.3 is 6.18 Å². The highest BCUT2D eigenvalue weighted by atomic mass is 79.9. The van der Waals surface area contributed by atoms with E-state index < -0.39 is 17.3 Å². The van der Waals surface area contributed by atoms with Crippen molar-refractivity contribution in [2.45, 2.75) is 17.2 Å². The van der Waals surface area contributed by atoms with Crippen LogP contribution in [0.15, 0.2) is 39.8 Å². The Hall–Kier alpha value is -0.570. The number of nitrogens with zero attached hydrogens (tertiary/aromatic N) is 1. The lowest BCUT2D eigenvalue weighted by molar-refractivity contribution is -0.137. The summed E-state index contributed by atoms with van der Waals surface area (Å²) in [6.07, 6.45) is -4.33. The predicted molar refractivity (Wildman–Crippen MR) is 76.9 cm³/mol. The molecule has 0 aliphatic heterocycles. The number of rotatable bonds is 4. The fraction of sp³-hybridized carbons (Fsp3) is 0.250. The highest BCUT2D eigenvalue weighted by Gasteiger charge is 2.35. The van der Waals surface area contributed by atoms with Gasteiger partial charge in [0.25, 0.3) is 0 Å². The lowest BCUT2D eigenvalue weighted by Crippen LogP contribution is -2.03. The third kappa shape index (κ3) is 4.21. The zero-order valence-electron chi connectivity index (χ0n) is 9.89. The van der Waals surface area contributed by atoms with E-state index >= 15 is 0 Å². The Balaban J connectivity index is 1.96. The van der Waals surface area contributed by atoms with Crippen LogP contribution in [0.4, 0.5) is 13.2 Å². The molecule has 1 N–H and O–H groups in total. The molecule has 8 heteroatoms. The Labute approximate surface area is 130 Å². The Morgan fingerprint density at radius 3 is 2.50 bits per heavy atom. The van der Waals surface area contributed by atoms with Gasteiger partial charge in [-0.25, -0.2) is 4.98 Å². The van der Waals surface area contributed by atoms with Gasteiger partial charge in [0, 0.05) is 21.3 Å². The van der Waals surface area contributed by atoms with Gasteiger partial charge in [-0.3, -0.25) is 0 Å². The van der Waals surface area contributed by atoms with Crippen molar-refractivity contribution in [3.8, 4) is 0 Å². The van der Waals surface area contributed by atoms with Crippen LogP contribution >= 0.6 is 39.0 Å². The third-order valence-corrected chi connectivity index (χ3v) is 5.08. The molecule has 0 saturated carbocycles. The van der Waals surface area contributed by atoms with Crippen LogP contribution in [-0.2, 0) is 6.18 Å². The number of hydrogen-bond donors (Lipinski definition) is 1. The first-order valence-electron chi connectivity index (χ1n) is 5.45. The molecule has 1 atom stereocenters. The molecule has 0 aliphatic carbocycles. The fourth-order valence-corrected chi connectivity index (χ4v) is 3.36. The molecule has 0 bridgehead atoms. The van der Waals surface area contributed by atoms with Crippen LogP contribution in [0.25, 0.3) is 0 Å². The van der Waals surface area contributed by atoms with Crippen molar-refractivity contribution >= 4 is 39.0 Å². The molecule has 2 rings (SSSR count). The van der Waals surface area contributed by atoms with Gasteiger partial charge in [-0.15, -0.1) is 23.1 Å². The van der Waals surface area contributed by atoms with Crippen molar-refractivity contribution < 1.29 is 18.3 Å². The van der Waals surface area contributed by atoms with Crippen LogP contribution in [-0.4, -0.2) is 15.8 Å². The number of thiazole rings is 1. The molecule has 0 spiro atoms. The zero-order chi connectivity index (χ0) is 14.8. The minimum atomic E-state index is -4.46. The van der Waals surface area contributed by atoms with E-state index in [2.05, 4.69) is 20.9 Å². The van der Waals surface area contributed by atoms with Crippen molar-refractivity contribution in [2.75, 3.05) is 5.75 Å². The first kappa shape index (κ1) is 15.8. The Morgan fingerprint density at radius 2 is 1.95 bits per heavy atom. The van der Waals surface area contributed by atoms with Gasteiger partial charge in [0.2, 0.25) is 0 Å². The molecule has 0 radical (unpaired) electrons. The standard InChI is InChI=1S/C12H9BrF3NOS2/c13-7-1-3-8(4-2-7)19-6-9(18)10-5-17-11(20-10)12(14,15)16/h1-5,9,18H,6H2. The Morgan fingerprint density at radius 1 is 1.30 bits per heavy atom. The maximum Gasteiger partial charge on any atom is 0.443 e. The molecule has 1 heterocycles. The molecule has 0 saturated heterocycles. The maximum absolute atomic E-state index is 12.4. The van der Waals surface area contributed by atoms with Gasteiger partial charge in [0.05, 0.1) is 11.0 Å². The van der Waals surface area contributed by atoms with E-state index in [0.717, 1.165) is 15.6 Å². The molecule has 1 aromatic heterocycles. The van der Waals surface area contributed by atoms with Gasteiger partial charge in [-0.2, -0.15) is 13.2 Å². The lowest BCUT2D eigenvalue weighted by Gasteiger charge is -2.07. The highest BCUT2D eigenvalue weighted by molar-refractivity contribution is 9.10. The molecule has 1 aromatic carbocycles. The summed E-state index contributed by atoms with van der Waals surface area (Å²) >= 11 is 5.17. The molecule has 108 valence electrons. The van der Waals surface area contributed by atoms with E-state index in [9.17, 15) is 18.3 Å². The predicted octanol–water partition coefficient (Wildman–Crippen LogP) is 4.75. The summed E-state index contributed by atoms with van der Waals surface area (Å²) < 4.78 is 38.2. The second kappa shape index (κ2) is 6.46. The summed E-state index contributed by atoms with van der Waals surface area (Å²) in [7, 11) is 0. The number of alkyl halides is 3. The van der Waals surface area contributed by atoms with Crippen LogP contribution in [0.5, 0.6) is 0 Å². The number of aliphatic hydroxyl groups is 1. The number of benzene rings is 1. The van der Waals surface area contributed by atoms with Gasteiger partial charge in [0.1, 0.15) is 0 Å². The van der Waals surface area contributed by atoms with Gasteiger partial charge < -0.3 is 5.11 Å². The zero-order valence-corrected chi connectivity index (χ0v) is 13.1. The average molecular weight is 384 g/mol. The van der Waals surface area contributed by atoms with Gasteiger partial charge in [-0.1, -0.05) is 15.9 Å². The molecular formula is C12H9BrF3NOS2. The molecule has 2 aromatic rings. The summed E-state index contributed by atoms with van der Waals surface area (Å²) in [5, 5.41) is 8.96. The lowest BCUT2D eigenvalue weighted by atomic mass is 10.4. The SMILES string of the molecule is OC(CSc1ccc(Br)cc1)c1cnc(C(F)(F)F)s1. The van der Waals surface area contributed by atoms with Crippen molar-refractivity contribution in [1.82, 2.24) is 4.98 Å². The number of thioether (sulfide) groups is 1. The molecular weight excluding hydrogens is 375 g/mol. The normalized spacial score (nSPS) is 13.4. The minimum Gasteiger partial charge on any atom is -0.387 e. The minimum absolute atomic E-state index is 0.224. The summed E-state index contributed by atoms with van der Waals surface area (Å²) in [5.74, 6) is 0.279. The quantitative estimate of drug-likeness (QED) is 0.773. The van der Waals surface area contributed by atoms with E-state index in [0.29, 0.717) is 11.3 Å². The monoisotopic (exact) mass is 383 g/mol. The summed E-state index contributed by atoms with van der Waals surface area (Å²) in [4.78, 5) is 4.45. The van der Waals surface area contributed by atoms with E-state index in [1.54, 1.807) is 0 Å². The van der Waals surface area contributed by atoms with Crippen LogP contribution in [0, 0.1) is 0 Å². The number of hydrogen-bond acceptors (Lipinski definition) is 4. The Bertz CT molecular complexity index is 571. The summed E-state index contributed by atoms with van der Waals surface area (Å²) in [5.41, 5.74) is 0. The molecule has 0 aliphatic rings. The largest absolute Gasteiger partial charge is 0.443 e. The van der Waals surface area contributed by atoms with Gasteiger partial charge in [-0.05, 0) is 24.3 Å². The second-order valence-corrected chi connectivity index (χ2v) is 6.92. The average Bonchev–Trinajstić information content (AvgIpc) is 2.87. The topological polar surface area (TPSA) is 33.1 Å². The highest BCUT2D eigenvalue weighted by Crippen LogP contribution is 2.35. The molecule has 1 unspecified atom stereocenters. The van der Waals surface area contributed by atoms with Crippen LogP contribution < -0.4 is 0 Å². The van der Waals surface area contributed by atoms with Crippen molar-refractivity contribution in [2.24, 2.45) is 0 Å². The van der Waals surface area contributed by atoms with Crippen LogP contribution in [0.1, 0.15) is 16.0 Å².